The molecular formula is C12H12BrF3O2S. The van der Waals surface area contributed by atoms with Crippen molar-refractivity contribution in [3.05, 3.63) is 28.2 Å². The maximum absolute atomic E-state index is 12.8. The second-order valence-electron chi connectivity index (χ2n) is 3.85. The number of alkyl halides is 3. The highest BCUT2D eigenvalue weighted by atomic mass is 79.9. The number of methoxy groups -OCH3 is 1. The van der Waals surface area contributed by atoms with Gasteiger partial charge in [-0.05, 0) is 18.2 Å². The number of thioether (sulfide) groups is 1. The van der Waals surface area contributed by atoms with Gasteiger partial charge in [0.25, 0.3) is 0 Å². The average Bonchev–Trinajstić information content (AvgIpc) is 2.26. The monoisotopic (exact) mass is 356 g/mol. The van der Waals surface area contributed by atoms with Crippen LogP contribution in [0.5, 0.6) is 0 Å². The first-order chi connectivity index (χ1) is 8.74. The van der Waals surface area contributed by atoms with Crippen LogP contribution in [0.25, 0.3) is 0 Å². The minimum Gasteiger partial charge on any atom is -0.469 e. The molecule has 0 aromatic heterocycles. The molecule has 0 radical (unpaired) electrons. The van der Waals surface area contributed by atoms with Crippen LogP contribution in [0.2, 0.25) is 0 Å². The maximum atomic E-state index is 12.8. The molecule has 0 amide bonds. The predicted octanol–water partition coefficient (Wildman–Crippen LogP) is 4.51. The van der Waals surface area contributed by atoms with Crippen molar-refractivity contribution in [2.24, 2.45) is 0 Å². The summed E-state index contributed by atoms with van der Waals surface area (Å²) in [7, 11) is 1.25. The van der Waals surface area contributed by atoms with Crippen LogP contribution in [0, 0.1) is 0 Å². The van der Waals surface area contributed by atoms with E-state index >= 15 is 0 Å². The van der Waals surface area contributed by atoms with E-state index in [1.165, 1.54) is 19.2 Å². The second-order valence-corrected chi connectivity index (χ2v) is 6.24. The number of benzene rings is 1. The first kappa shape index (κ1) is 16.4. The SMILES string of the molecule is COC(=O)CC(C)Sc1cc(Br)ccc1C(F)(F)F. The van der Waals surface area contributed by atoms with Crippen molar-refractivity contribution < 1.29 is 22.7 Å². The van der Waals surface area contributed by atoms with Gasteiger partial charge in [0.05, 0.1) is 19.1 Å². The van der Waals surface area contributed by atoms with E-state index < -0.39 is 17.7 Å². The molecule has 0 aliphatic heterocycles. The van der Waals surface area contributed by atoms with Crippen molar-refractivity contribution in [2.75, 3.05) is 7.11 Å². The van der Waals surface area contributed by atoms with Crippen molar-refractivity contribution in [3.8, 4) is 0 Å². The molecule has 0 aliphatic carbocycles. The average molecular weight is 357 g/mol. The van der Waals surface area contributed by atoms with Crippen molar-refractivity contribution >= 4 is 33.7 Å². The normalized spacial score (nSPS) is 13.2. The van der Waals surface area contributed by atoms with Crippen LogP contribution in [-0.2, 0) is 15.7 Å². The molecule has 0 N–H and O–H groups in total. The van der Waals surface area contributed by atoms with Gasteiger partial charge < -0.3 is 4.74 Å². The van der Waals surface area contributed by atoms with Gasteiger partial charge in [-0.2, -0.15) is 13.2 Å². The summed E-state index contributed by atoms with van der Waals surface area (Å²) >= 11 is 4.15. The first-order valence-corrected chi connectivity index (χ1v) is 7.01. The molecule has 106 valence electrons. The molecule has 1 aromatic carbocycles. The fourth-order valence-electron chi connectivity index (χ4n) is 1.40. The van der Waals surface area contributed by atoms with Crippen LogP contribution in [-0.4, -0.2) is 18.3 Å². The Balaban J connectivity index is 2.93. The topological polar surface area (TPSA) is 26.3 Å². The largest absolute Gasteiger partial charge is 0.469 e. The molecule has 0 saturated heterocycles. The molecular weight excluding hydrogens is 345 g/mol. The molecule has 1 rings (SSSR count). The van der Waals surface area contributed by atoms with Crippen molar-refractivity contribution in [2.45, 2.75) is 29.7 Å². The number of carbonyl (C=O) groups is 1. The maximum Gasteiger partial charge on any atom is 0.417 e. The lowest BCUT2D eigenvalue weighted by molar-refractivity contribution is -0.140. The molecule has 1 atom stereocenters. The number of hydrogen-bond acceptors (Lipinski definition) is 3. The zero-order chi connectivity index (χ0) is 14.6. The number of halogens is 4. The number of rotatable bonds is 4. The lowest BCUT2D eigenvalue weighted by Crippen LogP contribution is -2.11. The summed E-state index contributed by atoms with van der Waals surface area (Å²) in [6, 6.07) is 3.77. The van der Waals surface area contributed by atoms with E-state index in [9.17, 15) is 18.0 Å². The van der Waals surface area contributed by atoms with Crippen molar-refractivity contribution in [1.29, 1.82) is 0 Å². The molecule has 0 spiro atoms. The summed E-state index contributed by atoms with van der Waals surface area (Å²) in [5, 5.41) is -0.303. The van der Waals surface area contributed by atoms with E-state index in [4.69, 9.17) is 0 Å². The van der Waals surface area contributed by atoms with Gasteiger partial charge in [-0.15, -0.1) is 11.8 Å². The zero-order valence-electron chi connectivity index (χ0n) is 10.3. The van der Waals surface area contributed by atoms with Crippen LogP contribution in [0.3, 0.4) is 0 Å². The van der Waals surface area contributed by atoms with Gasteiger partial charge in [0.1, 0.15) is 0 Å². The van der Waals surface area contributed by atoms with E-state index in [1.54, 1.807) is 6.92 Å². The fourth-order valence-corrected chi connectivity index (χ4v) is 3.08. The lowest BCUT2D eigenvalue weighted by Gasteiger charge is -2.16. The lowest BCUT2D eigenvalue weighted by atomic mass is 10.2. The van der Waals surface area contributed by atoms with Crippen LogP contribution in [0.4, 0.5) is 13.2 Å². The highest BCUT2D eigenvalue weighted by molar-refractivity contribution is 9.10. The Morgan fingerprint density at radius 3 is 2.63 bits per heavy atom. The number of carbonyl (C=O) groups excluding carboxylic acids is 1. The van der Waals surface area contributed by atoms with Gasteiger partial charge in [-0.25, -0.2) is 0 Å². The Kier molecular flexibility index (Phi) is 5.73. The minimum atomic E-state index is -4.41. The van der Waals surface area contributed by atoms with E-state index in [0.29, 0.717) is 4.47 Å². The number of esters is 1. The molecule has 0 saturated carbocycles. The molecule has 19 heavy (non-hydrogen) atoms. The van der Waals surface area contributed by atoms with Crippen LogP contribution < -0.4 is 0 Å². The first-order valence-electron chi connectivity index (χ1n) is 5.34. The van der Waals surface area contributed by atoms with E-state index in [1.807, 2.05) is 0 Å². The van der Waals surface area contributed by atoms with Gasteiger partial charge in [0, 0.05) is 14.6 Å². The third-order valence-electron chi connectivity index (χ3n) is 2.26. The second kappa shape index (κ2) is 6.65. The van der Waals surface area contributed by atoms with Crippen molar-refractivity contribution in [3.63, 3.8) is 0 Å². The minimum absolute atomic E-state index is 0.0605. The van der Waals surface area contributed by atoms with Gasteiger partial charge >= 0.3 is 12.1 Å². The molecule has 2 nitrogen and oxygen atoms in total. The highest BCUT2D eigenvalue weighted by Gasteiger charge is 2.34. The molecule has 0 aliphatic rings. The Labute approximate surface area is 121 Å². The highest BCUT2D eigenvalue weighted by Crippen LogP contribution is 2.39. The Hall–Kier alpha value is -0.690. The zero-order valence-corrected chi connectivity index (χ0v) is 12.7. The third-order valence-corrected chi connectivity index (χ3v) is 3.91. The Bertz CT molecular complexity index is 463. The molecule has 1 unspecified atom stereocenters. The van der Waals surface area contributed by atoms with Crippen LogP contribution in [0.1, 0.15) is 18.9 Å². The Morgan fingerprint density at radius 1 is 1.47 bits per heavy atom. The summed E-state index contributed by atoms with van der Waals surface area (Å²) in [5.74, 6) is -0.441. The molecule has 0 heterocycles. The van der Waals surface area contributed by atoms with Gasteiger partial charge in [0.2, 0.25) is 0 Å². The molecule has 7 heteroatoms. The van der Waals surface area contributed by atoms with E-state index in [0.717, 1.165) is 17.8 Å². The smallest absolute Gasteiger partial charge is 0.417 e. The van der Waals surface area contributed by atoms with Gasteiger partial charge in [-0.1, -0.05) is 22.9 Å². The number of hydrogen-bond donors (Lipinski definition) is 0. The summed E-state index contributed by atoms with van der Waals surface area (Å²) in [4.78, 5) is 11.2. The quantitative estimate of drug-likeness (QED) is 0.586. The Morgan fingerprint density at radius 2 is 2.11 bits per heavy atom. The fraction of sp³-hybridized carbons (Fsp3) is 0.417. The summed E-state index contributed by atoms with van der Waals surface area (Å²) in [6.07, 6.45) is -4.35. The number of ether oxygens (including phenoxy) is 1. The molecule has 0 bridgehead atoms. The summed E-state index contributed by atoms with van der Waals surface area (Å²) in [5.41, 5.74) is -0.697. The summed E-state index contributed by atoms with van der Waals surface area (Å²) in [6.45, 7) is 1.68. The molecule has 0 fully saturated rings. The third kappa shape index (κ3) is 5.06. The molecule has 1 aromatic rings. The van der Waals surface area contributed by atoms with Gasteiger partial charge in [0.15, 0.2) is 0 Å². The standard InChI is InChI=1S/C12H12BrF3O2S/c1-7(5-11(17)18-2)19-10-6-8(13)3-4-9(10)12(14,15)16/h3-4,6-7H,5H2,1-2H3. The van der Waals surface area contributed by atoms with E-state index in [2.05, 4.69) is 20.7 Å². The summed E-state index contributed by atoms with van der Waals surface area (Å²) < 4.78 is 43.6. The van der Waals surface area contributed by atoms with E-state index in [-0.39, 0.29) is 16.6 Å². The van der Waals surface area contributed by atoms with Crippen LogP contribution >= 0.6 is 27.7 Å². The van der Waals surface area contributed by atoms with Gasteiger partial charge in [-0.3, -0.25) is 4.79 Å². The van der Waals surface area contributed by atoms with Crippen LogP contribution in [0.15, 0.2) is 27.6 Å². The van der Waals surface area contributed by atoms with Crippen molar-refractivity contribution in [1.82, 2.24) is 0 Å². The predicted molar refractivity (Wildman–Crippen MR) is 71.1 cm³/mol.